The number of pyridine rings is 1. The maximum Gasteiger partial charge on any atom is 0.338 e. The van der Waals surface area contributed by atoms with Crippen molar-refractivity contribution >= 4 is 23.4 Å². The highest BCUT2D eigenvalue weighted by Gasteiger charge is 2.16. The molecule has 2 heterocycles. The molecule has 0 radical (unpaired) electrons. The molecular weight excluding hydrogens is 346 g/mol. The molecule has 0 aliphatic carbocycles. The van der Waals surface area contributed by atoms with Crippen LogP contribution in [0.25, 0.3) is 0 Å². The minimum Gasteiger partial charge on any atom is -0.462 e. The van der Waals surface area contributed by atoms with Gasteiger partial charge in [-0.05, 0) is 56.2 Å². The van der Waals surface area contributed by atoms with Gasteiger partial charge in [0.25, 0.3) is 5.91 Å². The Morgan fingerprint density at radius 3 is 2.59 bits per heavy atom. The first-order valence-electron chi connectivity index (χ1n) is 9.06. The summed E-state index contributed by atoms with van der Waals surface area (Å²) < 4.78 is 10.4. The Bertz CT molecular complexity index is 769. The first-order valence-corrected chi connectivity index (χ1v) is 9.06. The molecule has 142 valence electrons. The summed E-state index contributed by atoms with van der Waals surface area (Å²) in [4.78, 5) is 28.1. The van der Waals surface area contributed by atoms with Gasteiger partial charge in [-0.15, -0.1) is 0 Å². The number of nitrogens with zero attached hydrogens (tertiary/aromatic N) is 1. The number of anilines is 2. The van der Waals surface area contributed by atoms with Gasteiger partial charge in [0.15, 0.2) is 0 Å². The van der Waals surface area contributed by atoms with Crippen molar-refractivity contribution in [3.8, 4) is 0 Å². The number of carbonyl (C=O) groups is 2. The van der Waals surface area contributed by atoms with E-state index in [4.69, 9.17) is 9.47 Å². The fourth-order valence-electron chi connectivity index (χ4n) is 2.77. The summed E-state index contributed by atoms with van der Waals surface area (Å²) in [6.07, 6.45) is 3.67. The van der Waals surface area contributed by atoms with Gasteiger partial charge in [0, 0.05) is 25.0 Å². The first-order chi connectivity index (χ1) is 13.2. The molecule has 7 heteroatoms. The zero-order valence-electron chi connectivity index (χ0n) is 15.2. The van der Waals surface area contributed by atoms with Crippen LogP contribution in [-0.4, -0.2) is 42.7 Å². The van der Waals surface area contributed by atoms with Crippen molar-refractivity contribution in [1.82, 2.24) is 10.3 Å². The lowest BCUT2D eigenvalue weighted by atomic mass is 10.2. The summed E-state index contributed by atoms with van der Waals surface area (Å²) in [6, 6.07) is 10.4. The molecule has 0 spiro atoms. The molecule has 7 nitrogen and oxygen atoms in total. The van der Waals surface area contributed by atoms with Gasteiger partial charge in [0.1, 0.15) is 5.82 Å². The average molecular weight is 369 g/mol. The van der Waals surface area contributed by atoms with Gasteiger partial charge in [-0.2, -0.15) is 0 Å². The maximum absolute atomic E-state index is 12.2. The summed E-state index contributed by atoms with van der Waals surface area (Å²) >= 11 is 0. The summed E-state index contributed by atoms with van der Waals surface area (Å²) in [5.41, 5.74) is 1.77. The van der Waals surface area contributed by atoms with Crippen molar-refractivity contribution in [2.45, 2.75) is 25.9 Å². The standard InChI is InChI=1S/C20H23N3O4/c1-2-26-20(25)14-5-8-16(9-6-14)23-18-10-7-15(12-21-18)19(24)22-13-17-4-3-11-27-17/h5-10,12,17H,2-4,11,13H2,1H3,(H,21,23)(H,22,24). The lowest BCUT2D eigenvalue weighted by molar-refractivity contribution is 0.0526. The summed E-state index contributed by atoms with van der Waals surface area (Å²) in [7, 11) is 0. The van der Waals surface area contributed by atoms with Crippen LogP contribution in [0.1, 0.15) is 40.5 Å². The Balaban J connectivity index is 1.53. The average Bonchev–Trinajstić information content (AvgIpc) is 3.21. The van der Waals surface area contributed by atoms with E-state index in [0.29, 0.717) is 30.1 Å². The fraction of sp³-hybridized carbons (Fsp3) is 0.350. The molecule has 1 aliphatic heterocycles. The molecule has 1 saturated heterocycles. The molecule has 0 saturated carbocycles. The topological polar surface area (TPSA) is 89.5 Å². The number of nitrogens with one attached hydrogen (secondary N) is 2. The van der Waals surface area contributed by atoms with E-state index in [2.05, 4.69) is 15.6 Å². The van der Waals surface area contributed by atoms with Crippen molar-refractivity contribution in [2.75, 3.05) is 25.1 Å². The molecule has 1 amide bonds. The summed E-state index contributed by atoms with van der Waals surface area (Å²) in [5, 5.41) is 6.00. The predicted octanol–water partition coefficient (Wildman–Crippen LogP) is 2.91. The molecule has 0 bridgehead atoms. The molecule has 1 atom stereocenters. The Morgan fingerprint density at radius 1 is 1.19 bits per heavy atom. The molecule has 1 aliphatic rings. The zero-order valence-corrected chi connectivity index (χ0v) is 15.2. The lowest BCUT2D eigenvalue weighted by Gasteiger charge is -2.11. The normalized spacial score (nSPS) is 16.0. The van der Waals surface area contributed by atoms with Gasteiger partial charge in [0.05, 0.1) is 23.8 Å². The van der Waals surface area contributed by atoms with Gasteiger partial charge in [-0.1, -0.05) is 0 Å². The van der Waals surface area contributed by atoms with Crippen molar-refractivity contribution in [3.05, 3.63) is 53.7 Å². The van der Waals surface area contributed by atoms with Gasteiger partial charge < -0.3 is 20.1 Å². The third-order valence-electron chi connectivity index (χ3n) is 4.21. The summed E-state index contributed by atoms with van der Waals surface area (Å²) in [5.74, 6) is 0.0958. The largest absolute Gasteiger partial charge is 0.462 e. The SMILES string of the molecule is CCOC(=O)c1ccc(Nc2ccc(C(=O)NCC3CCCO3)cn2)cc1. The van der Waals surface area contributed by atoms with Crippen LogP contribution in [0.2, 0.25) is 0 Å². The lowest BCUT2D eigenvalue weighted by Crippen LogP contribution is -2.31. The van der Waals surface area contributed by atoms with Gasteiger partial charge in [0.2, 0.25) is 0 Å². The first kappa shape index (κ1) is 18.8. The van der Waals surface area contributed by atoms with E-state index in [0.717, 1.165) is 25.1 Å². The molecule has 27 heavy (non-hydrogen) atoms. The quantitative estimate of drug-likeness (QED) is 0.730. The summed E-state index contributed by atoms with van der Waals surface area (Å²) in [6.45, 7) is 3.40. The second kappa shape index (κ2) is 9.14. The van der Waals surface area contributed by atoms with Crippen LogP contribution < -0.4 is 10.6 Å². The van der Waals surface area contributed by atoms with Crippen LogP contribution in [0.4, 0.5) is 11.5 Å². The van der Waals surface area contributed by atoms with Gasteiger partial charge >= 0.3 is 5.97 Å². The number of hydrogen-bond acceptors (Lipinski definition) is 6. The van der Waals surface area contributed by atoms with E-state index in [9.17, 15) is 9.59 Å². The monoisotopic (exact) mass is 369 g/mol. The smallest absolute Gasteiger partial charge is 0.338 e. The second-order valence-corrected chi connectivity index (χ2v) is 6.20. The number of carbonyl (C=O) groups excluding carboxylic acids is 2. The van der Waals surface area contributed by atoms with Crippen molar-refractivity contribution < 1.29 is 19.1 Å². The van der Waals surface area contributed by atoms with E-state index >= 15 is 0 Å². The van der Waals surface area contributed by atoms with Crippen molar-refractivity contribution in [2.24, 2.45) is 0 Å². The number of amides is 1. The van der Waals surface area contributed by atoms with Gasteiger partial charge in [-0.3, -0.25) is 4.79 Å². The van der Waals surface area contributed by atoms with Crippen molar-refractivity contribution in [1.29, 1.82) is 0 Å². The highest BCUT2D eigenvalue weighted by molar-refractivity contribution is 5.94. The molecule has 1 unspecified atom stereocenters. The molecule has 2 aromatic rings. The second-order valence-electron chi connectivity index (χ2n) is 6.20. The van der Waals surface area contributed by atoms with Gasteiger partial charge in [-0.25, -0.2) is 9.78 Å². The van der Waals surface area contributed by atoms with E-state index < -0.39 is 0 Å². The molecular formula is C20H23N3O4. The van der Waals surface area contributed by atoms with Crippen LogP contribution in [0.5, 0.6) is 0 Å². The van der Waals surface area contributed by atoms with E-state index in [1.807, 2.05) is 0 Å². The highest BCUT2D eigenvalue weighted by atomic mass is 16.5. The Labute approximate surface area is 158 Å². The molecule has 1 aromatic heterocycles. The predicted molar refractivity (Wildman–Crippen MR) is 101 cm³/mol. The zero-order chi connectivity index (χ0) is 19.1. The maximum atomic E-state index is 12.2. The third-order valence-corrected chi connectivity index (χ3v) is 4.21. The number of benzene rings is 1. The van der Waals surface area contributed by atoms with Crippen LogP contribution in [0, 0.1) is 0 Å². The Morgan fingerprint density at radius 2 is 1.96 bits per heavy atom. The number of rotatable bonds is 7. The van der Waals surface area contributed by atoms with Crippen molar-refractivity contribution in [3.63, 3.8) is 0 Å². The number of aromatic nitrogens is 1. The van der Waals surface area contributed by atoms with E-state index in [1.165, 1.54) is 6.20 Å². The van der Waals surface area contributed by atoms with Crippen LogP contribution in [-0.2, 0) is 9.47 Å². The minimum atomic E-state index is -0.347. The third kappa shape index (κ3) is 5.27. The molecule has 2 N–H and O–H groups in total. The number of esters is 1. The number of hydrogen-bond donors (Lipinski definition) is 2. The van der Waals surface area contributed by atoms with E-state index in [-0.39, 0.29) is 18.0 Å². The van der Waals surface area contributed by atoms with E-state index in [1.54, 1.807) is 43.3 Å². The molecule has 1 fully saturated rings. The molecule has 1 aromatic carbocycles. The highest BCUT2D eigenvalue weighted by Crippen LogP contribution is 2.16. The fourth-order valence-corrected chi connectivity index (χ4v) is 2.77. The van der Waals surface area contributed by atoms with Crippen LogP contribution in [0.3, 0.4) is 0 Å². The minimum absolute atomic E-state index is 0.112. The molecule has 3 rings (SSSR count). The number of ether oxygens (including phenoxy) is 2. The van der Waals surface area contributed by atoms with Crippen LogP contribution in [0.15, 0.2) is 42.6 Å². The Kier molecular flexibility index (Phi) is 6.38. The van der Waals surface area contributed by atoms with Crippen LogP contribution >= 0.6 is 0 Å². The Hall–Kier alpha value is -2.93.